The Bertz CT molecular complexity index is 1020. The molecule has 0 radical (unpaired) electrons. The van der Waals surface area contributed by atoms with E-state index in [1.54, 1.807) is 28.8 Å². The summed E-state index contributed by atoms with van der Waals surface area (Å²) in [4.78, 5) is 21.8. The van der Waals surface area contributed by atoms with Crippen molar-refractivity contribution in [3.8, 4) is 0 Å². The maximum absolute atomic E-state index is 12.8. The molecule has 0 bridgehead atoms. The molecule has 2 heterocycles. The van der Waals surface area contributed by atoms with Gasteiger partial charge < -0.3 is 4.52 Å². The summed E-state index contributed by atoms with van der Waals surface area (Å²) in [7, 11) is 0. The third-order valence-electron chi connectivity index (χ3n) is 3.66. The predicted molar refractivity (Wildman–Crippen MR) is 104 cm³/mol. The van der Waals surface area contributed by atoms with Crippen molar-refractivity contribution in [1.29, 1.82) is 0 Å². The minimum absolute atomic E-state index is 0.152. The zero-order valence-electron chi connectivity index (χ0n) is 14.8. The van der Waals surface area contributed by atoms with Crippen molar-refractivity contribution in [2.24, 2.45) is 0 Å². The van der Waals surface area contributed by atoms with Crippen molar-refractivity contribution in [3.63, 3.8) is 0 Å². The topological polar surface area (TPSA) is 73.8 Å². The second-order valence-corrected chi connectivity index (χ2v) is 8.19. The van der Waals surface area contributed by atoms with Crippen LogP contribution >= 0.6 is 23.4 Å². The second kappa shape index (κ2) is 7.25. The highest BCUT2D eigenvalue weighted by Crippen LogP contribution is 2.25. The van der Waals surface area contributed by atoms with E-state index in [-0.39, 0.29) is 11.0 Å². The fraction of sp³-hybridized carbons (Fsp3) is 0.333. The summed E-state index contributed by atoms with van der Waals surface area (Å²) in [6, 6.07) is 5.09. The van der Waals surface area contributed by atoms with Gasteiger partial charge in [0, 0.05) is 17.0 Å². The molecule has 136 valence electrons. The van der Waals surface area contributed by atoms with Gasteiger partial charge in [-0.3, -0.25) is 9.36 Å². The fourth-order valence-corrected chi connectivity index (χ4v) is 3.34. The molecule has 0 atom stereocenters. The number of halogens is 1. The standard InChI is InChI=1S/C18H19ClN4O2S/c1-5-8-23-15(24)12-9-11(19)6-7-13(12)20-17(23)26-10-14-21-16(22-25-14)18(2,3)4/h5-7,9H,1,8,10H2,2-4H3. The number of fused-ring (bicyclic) bond motifs is 1. The van der Waals surface area contributed by atoms with Crippen LogP contribution < -0.4 is 5.56 Å². The Morgan fingerprint density at radius 1 is 1.35 bits per heavy atom. The van der Waals surface area contributed by atoms with E-state index in [1.165, 1.54) is 11.8 Å². The Morgan fingerprint density at radius 2 is 2.12 bits per heavy atom. The van der Waals surface area contributed by atoms with Crippen LogP contribution in [0.2, 0.25) is 5.02 Å². The van der Waals surface area contributed by atoms with Crippen molar-refractivity contribution in [3.05, 3.63) is 57.9 Å². The van der Waals surface area contributed by atoms with Crippen molar-refractivity contribution in [2.45, 2.75) is 43.6 Å². The fourth-order valence-electron chi connectivity index (χ4n) is 2.32. The second-order valence-electron chi connectivity index (χ2n) is 6.81. The van der Waals surface area contributed by atoms with Gasteiger partial charge in [0.15, 0.2) is 11.0 Å². The average Bonchev–Trinajstić information content (AvgIpc) is 3.06. The van der Waals surface area contributed by atoms with Gasteiger partial charge in [-0.2, -0.15) is 4.98 Å². The summed E-state index contributed by atoms with van der Waals surface area (Å²) < 4.78 is 6.88. The molecule has 0 unspecified atom stereocenters. The van der Waals surface area contributed by atoms with Crippen LogP contribution in [-0.2, 0) is 17.7 Å². The molecule has 0 aliphatic carbocycles. The first-order valence-corrected chi connectivity index (χ1v) is 9.43. The van der Waals surface area contributed by atoms with Gasteiger partial charge in [0.25, 0.3) is 5.56 Å². The van der Waals surface area contributed by atoms with E-state index < -0.39 is 0 Å². The highest BCUT2D eigenvalue weighted by atomic mass is 35.5. The molecule has 0 saturated carbocycles. The molecule has 26 heavy (non-hydrogen) atoms. The van der Waals surface area contributed by atoms with Gasteiger partial charge in [0.2, 0.25) is 5.89 Å². The number of rotatable bonds is 5. The van der Waals surface area contributed by atoms with E-state index >= 15 is 0 Å². The minimum atomic E-state index is -0.183. The summed E-state index contributed by atoms with van der Waals surface area (Å²) in [6.45, 7) is 10.1. The van der Waals surface area contributed by atoms with Gasteiger partial charge in [0.1, 0.15) is 0 Å². The molecule has 0 fully saturated rings. The van der Waals surface area contributed by atoms with Gasteiger partial charge in [0.05, 0.1) is 16.7 Å². The largest absolute Gasteiger partial charge is 0.338 e. The molecule has 0 spiro atoms. The first-order valence-electron chi connectivity index (χ1n) is 8.06. The van der Waals surface area contributed by atoms with Gasteiger partial charge in [-0.25, -0.2) is 4.98 Å². The van der Waals surface area contributed by atoms with Gasteiger partial charge in [-0.1, -0.05) is 55.4 Å². The summed E-state index contributed by atoms with van der Waals surface area (Å²) in [6.07, 6.45) is 1.66. The Hall–Kier alpha value is -2.12. The van der Waals surface area contributed by atoms with Crippen molar-refractivity contribution in [2.75, 3.05) is 0 Å². The third kappa shape index (κ3) is 3.83. The first kappa shape index (κ1) is 18.7. The smallest absolute Gasteiger partial charge is 0.262 e. The molecular formula is C18H19ClN4O2S. The number of benzene rings is 1. The van der Waals surface area contributed by atoms with E-state index in [0.29, 0.717) is 45.1 Å². The molecule has 0 amide bonds. The number of hydrogen-bond acceptors (Lipinski definition) is 6. The molecule has 6 nitrogen and oxygen atoms in total. The molecule has 0 aliphatic heterocycles. The molecule has 0 aliphatic rings. The third-order valence-corrected chi connectivity index (χ3v) is 4.85. The lowest BCUT2D eigenvalue weighted by Gasteiger charge is -2.11. The monoisotopic (exact) mass is 390 g/mol. The van der Waals surface area contributed by atoms with Crippen LogP contribution in [0.4, 0.5) is 0 Å². The minimum Gasteiger partial charge on any atom is -0.338 e. The first-order chi connectivity index (χ1) is 12.3. The lowest BCUT2D eigenvalue weighted by Crippen LogP contribution is -2.22. The molecule has 0 N–H and O–H groups in total. The van der Waals surface area contributed by atoms with Gasteiger partial charge >= 0.3 is 0 Å². The number of hydrogen-bond donors (Lipinski definition) is 0. The van der Waals surface area contributed by atoms with Crippen molar-refractivity contribution >= 4 is 34.3 Å². The maximum atomic E-state index is 12.8. The Morgan fingerprint density at radius 3 is 2.77 bits per heavy atom. The molecule has 3 aromatic rings. The quantitative estimate of drug-likeness (QED) is 0.369. The normalized spacial score (nSPS) is 11.8. The van der Waals surface area contributed by atoms with E-state index in [0.717, 1.165) is 0 Å². The van der Waals surface area contributed by atoms with E-state index in [9.17, 15) is 4.79 Å². The molecule has 8 heteroatoms. The number of thioether (sulfide) groups is 1. The summed E-state index contributed by atoms with van der Waals surface area (Å²) in [5.41, 5.74) is 0.265. The van der Waals surface area contributed by atoms with E-state index in [4.69, 9.17) is 16.1 Å². The van der Waals surface area contributed by atoms with Crippen LogP contribution in [0.25, 0.3) is 10.9 Å². The molecule has 2 aromatic heterocycles. The Kier molecular flexibility index (Phi) is 5.20. The lowest BCUT2D eigenvalue weighted by atomic mass is 9.96. The molecular weight excluding hydrogens is 372 g/mol. The van der Waals surface area contributed by atoms with Crippen LogP contribution in [-0.4, -0.2) is 19.7 Å². The van der Waals surface area contributed by atoms with E-state index in [2.05, 4.69) is 21.7 Å². The number of aromatic nitrogens is 4. The zero-order chi connectivity index (χ0) is 18.9. The predicted octanol–water partition coefficient (Wildman–Crippen LogP) is 4.21. The van der Waals surface area contributed by atoms with Crippen LogP contribution in [0, 0.1) is 0 Å². The van der Waals surface area contributed by atoms with Crippen LogP contribution in [0.1, 0.15) is 32.5 Å². The highest BCUT2D eigenvalue weighted by Gasteiger charge is 2.21. The van der Waals surface area contributed by atoms with Crippen LogP contribution in [0.5, 0.6) is 0 Å². The number of allylic oxidation sites excluding steroid dienone is 1. The Labute approximate surface area is 160 Å². The lowest BCUT2D eigenvalue weighted by molar-refractivity contribution is 0.372. The van der Waals surface area contributed by atoms with Crippen molar-refractivity contribution in [1.82, 2.24) is 19.7 Å². The molecule has 1 aromatic carbocycles. The van der Waals surface area contributed by atoms with Crippen molar-refractivity contribution < 1.29 is 4.52 Å². The van der Waals surface area contributed by atoms with E-state index in [1.807, 2.05) is 20.8 Å². The summed E-state index contributed by atoms with van der Waals surface area (Å²) >= 11 is 7.38. The highest BCUT2D eigenvalue weighted by molar-refractivity contribution is 7.98. The summed E-state index contributed by atoms with van der Waals surface area (Å²) in [5.74, 6) is 1.57. The van der Waals surface area contributed by atoms with Crippen LogP contribution in [0.15, 0.2) is 45.3 Å². The van der Waals surface area contributed by atoms with Gasteiger partial charge in [-0.15, -0.1) is 6.58 Å². The van der Waals surface area contributed by atoms with Gasteiger partial charge in [-0.05, 0) is 18.2 Å². The Balaban J connectivity index is 1.95. The SMILES string of the molecule is C=CCn1c(SCc2nc(C(C)(C)C)no2)nc2ccc(Cl)cc2c1=O. The maximum Gasteiger partial charge on any atom is 0.262 e. The average molecular weight is 391 g/mol. The molecule has 3 rings (SSSR count). The van der Waals surface area contributed by atoms with Crippen LogP contribution in [0.3, 0.4) is 0 Å². The number of nitrogens with zero attached hydrogens (tertiary/aromatic N) is 4. The summed E-state index contributed by atoms with van der Waals surface area (Å²) in [5, 5.41) is 5.57. The zero-order valence-corrected chi connectivity index (χ0v) is 16.4. The molecule has 0 saturated heterocycles.